The predicted molar refractivity (Wildman–Crippen MR) is 58.2 cm³/mol. The lowest BCUT2D eigenvalue weighted by molar-refractivity contribution is -0.112. The Balaban J connectivity index is 2.04. The normalized spacial score (nSPS) is 32.1. The van der Waals surface area contributed by atoms with E-state index in [1.807, 2.05) is 0 Å². The second kappa shape index (κ2) is 4.88. The van der Waals surface area contributed by atoms with Crippen molar-refractivity contribution in [3.05, 3.63) is 0 Å². The maximum atomic E-state index is 11.7. The molecule has 2 heterocycles. The number of hydrogen-bond acceptors (Lipinski definition) is 6. The predicted octanol–water partition coefficient (Wildman–Crippen LogP) is -2.68. The fraction of sp³-hybridized carbons (Fsp3) is 0.667. The average molecular weight is 258 g/mol. The molecule has 0 aliphatic carbocycles. The lowest BCUT2D eigenvalue weighted by Gasteiger charge is -2.30. The van der Waals surface area contributed by atoms with Crippen molar-refractivity contribution in [2.75, 3.05) is 13.3 Å². The summed E-state index contributed by atoms with van der Waals surface area (Å²) in [5.41, 5.74) is 4.99. The van der Waals surface area contributed by atoms with Crippen molar-refractivity contribution in [3.8, 4) is 0 Å². The Kier molecular flexibility index (Phi) is 3.45. The van der Waals surface area contributed by atoms with Gasteiger partial charge in [-0.05, 0) is 0 Å². The van der Waals surface area contributed by atoms with Crippen LogP contribution in [0.25, 0.3) is 0 Å². The van der Waals surface area contributed by atoms with Crippen LogP contribution in [0.4, 0.5) is 4.79 Å². The highest BCUT2D eigenvalue weighted by Crippen LogP contribution is 2.23. The smallest absolute Gasteiger partial charge is 0.326 e. The minimum atomic E-state index is -0.839. The first-order valence-electron chi connectivity index (χ1n) is 5.39. The number of ether oxygens (including phenoxy) is 1. The second-order valence-electron chi connectivity index (χ2n) is 4.03. The van der Waals surface area contributed by atoms with E-state index in [1.54, 1.807) is 0 Å². The number of aliphatic hydroxyl groups is 2. The Morgan fingerprint density at radius 2 is 2.39 bits per heavy atom. The third-order valence-corrected chi connectivity index (χ3v) is 2.83. The van der Waals surface area contributed by atoms with Gasteiger partial charge >= 0.3 is 6.03 Å². The molecule has 3 amide bonds. The number of carbonyl (C=O) groups excluding carboxylic acids is 2. The van der Waals surface area contributed by atoms with Crippen molar-refractivity contribution < 1.29 is 24.5 Å². The zero-order valence-electron chi connectivity index (χ0n) is 9.44. The van der Waals surface area contributed by atoms with Crippen molar-refractivity contribution in [2.45, 2.75) is 24.9 Å². The van der Waals surface area contributed by atoms with Crippen LogP contribution < -0.4 is 11.1 Å². The van der Waals surface area contributed by atoms with E-state index in [4.69, 9.17) is 15.6 Å². The van der Waals surface area contributed by atoms with Gasteiger partial charge in [0.25, 0.3) is 5.91 Å². The molecule has 1 saturated heterocycles. The lowest BCUT2D eigenvalue weighted by Crippen LogP contribution is -2.54. The van der Waals surface area contributed by atoms with Gasteiger partial charge in [-0.25, -0.2) is 9.79 Å². The molecule has 2 aliphatic heterocycles. The second-order valence-corrected chi connectivity index (χ2v) is 4.03. The van der Waals surface area contributed by atoms with Crippen LogP contribution in [-0.2, 0) is 9.53 Å². The molecular formula is C9H14N4O5. The van der Waals surface area contributed by atoms with Gasteiger partial charge in [0, 0.05) is 6.42 Å². The van der Waals surface area contributed by atoms with E-state index in [0.29, 0.717) is 0 Å². The molecule has 0 aromatic carbocycles. The summed E-state index contributed by atoms with van der Waals surface area (Å²) in [7, 11) is 0. The molecule has 2 aliphatic rings. The monoisotopic (exact) mass is 258 g/mol. The molecule has 18 heavy (non-hydrogen) atoms. The van der Waals surface area contributed by atoms with Crippen LogP contribution in [0.3, 0.4) is 0 Å². The Bertz CT molecular complexity index is 398. The number of aliphatic imine (C=N–C) groups is 1. The van der Waals surface area contributed by atoms with Crippen LogP contribution in [-0.4, -0.2) is 64.6 Å². The van der Waals surface area contributed by atoms with E-state index in [0.717, 1.165) is 0 Å². The number of amides is 3. The molecule has 1 fully saturated rings. The van der Waals surface area contributed by atoms with E-state index < -0.39 is 30.4 Å². The summed E-state index contributed by atoms with van der Waals surface area (Å²) >= 11 is 0. The van der Waals surface area contributed by atoms with Gasteiger partial charge in [0.15, 0.2) is 5.84 Å². The van der Waals surface area contributed by atoms with Gasteiger partial charge in [0.05, 0.1) is 12.7 Å². The maximum absolute atomic E-state index is 11.7. The first-order chi connectivity index (χ1) is 8.52. The summed E-state index contributed by atoms with van der Waals surface area (Å²) in [4.78, 5) is 27.5. The quantitative estimate of drug-likeness (QED) is 0.437. The molecule has 5 N–H and O–H groups in total. The molecule has 0 spiro atoms. The number of nitrogens with zero attached hydrogens (tertiary/aromatic N) is 2. The Morgan fingerprint density at radius 1 is 1.67 bits per heavy atom. The summed E-state index contributed by atoms with van der Waals surface area (Å²) in [6, 6.07) is -0.574. The first-order valence-corrected chi connectivity index (χ1v) is 5.39. The number of aliphatic hydroxyl groups excluding tert-OH is 2. The zero-order valence-corrected chi connectivity index (χ0v) is 9.44. The van der Waals surface area contributed by atoms with E-state index in [1.165, 1.54) is 4.90 Å². The van der Waals surface area contributed by atoms with Crippen LogP contribution in [0, 0.1) is 0 Å². The van der Waals surface area contributed by atoms with Crippen LogP contribution in [0.15, 0.2) is 4.99 Å². The molecule has 0 bridgehead atoms. The third-order valence-electron chi connectivity index (χ3n) is 2.83. The number of hydrogen-bond donors (Lipinski definition) is 4. The van der Waals surface area contributed by atoms with Gasteiger partial charge in [0.2, 0.25) is 0 Å². The standard InChI is InChI=1S/C9H14N4O5/c10-7(16)8-11-3-13(9(17)12-8)6-1-4(15)5(2-14)18-6/h4-6,14-15H,1-3H2,(H2,10,16)(H,11,12,17)/t4-,5+,6+/m0/s1. The number of primary amides is 1. The number of urea groups is 1. The highest BCUT2D eigenvalue weighted by atomic mass is 16.5. The number of nitrogens with two attached hydrogens (primary N) is 1. The summed E-state index contributed by atoms with van der Waals surface area (Å²) in [5, 5.41) is 20.7. The van der Waals surface area contributed by atoms with Gasteiger partial charge in [-0.2, -0.15) is 0 Å². The van der Waals surface area contributed by atoms with Gasteiger partial charge in [0.1, 0.15) is 19.0 Å². The van der Waals surface area contributed by atoms with Crippen LogP contribution in [0.1, 0.15) is 6.42 Å². The number of carbonyl (C=O) groups is 2. The molecule has 0 unspecified atom stereocenters. The van der Waals surface area contributed by atoms with Crippen molar-refractivity contribution in [3.63, 3.8) is 0 Å². The van der Waals surface area contributed by atoms with E-state index >= 15 is 0 Å². The molecule has 100 valence electrons. The molecule has 9 nitrogen and oxygen atoms in total. The molecule has 0 saturated carbocycles. The number of nitrogens with one attached hydrogen (secondary N) is 1. The van der Waals surface area contributed by atoms with Crippen LogP contribution in [0.2, 0.25) is 0 Å². The Labute approximate surface area is 102 Å². The Morgan fingerprint density at radius 3 is 2.89 bits per heavy atom. The minimum Gasteiger partial charge on any atom is -0.394 e. The molecule has 2 rings (SSSR count). The molecule has 0 radical (unpaired) electrons. The molecule has 0 aromatic rings. The van der Waals surface area contributed by atoms with Crippen molar-refractivity contribution in [2.24, 2.45) is 10.7 Å². The van der Waals surface area contributed by atoms with E-state index in [2.05, 4.69) is 10.3 Å². The SMILES string of the molecule is NC(=O)C1=NCN([C@H]2C[C@H](O)[C@@H](CO)O2)C(=O)N1. The summed E-state index contributed by atoms with van der Waals surface area (Å²) in [6.07, 6.45) is -2.06. The van der Waals surface area contributed by atoms with Gasteiger partial charge in [-0.3, -0.25) is 15.0 Å². The van der Waals surface area contributed by atoms with Crippen molar-refractivity contribution in [1.82, 2.24) is 10.2 Å². The topological polar surface area (TPSA) is 137 Å². The maximum Gasteiger partial charge on any atom is 0.326 e. The largest absolute Gasteiger partial charge is 0.394 e. The van der Waals surface area contributed by atoms with Crippen LogP contribution >= 0.6 is 0 Å². The van der Waals surface area contributed by atoms with Gasteiger partial charge in [-0.1, -0.05) is 0 Å². The third kappa shape index (κ3) is 2.28. The molecule has 9 heteroatoms. The van der Waals surface area contributed by atoms with Crippen molar-refractivity contribution >= 4 is 17.8 Å². The minimum absolute atomic E-state index is 0.0837. The summed E-state index contributed by atoms with van der Waals surface area (Å²) in [6.45, 7) is -0.414. The van der Waals surface area contributed by atoms with Crippen molar-refractivity contribution in [1.29, 1.82) is 0 Å². The highest BCUT2D eigenvalue weighted by Gasteiger charge is 2.40. The Hall–Kier alpha value is -1.71. The highest BCUT2D eigenvalue weighted by molar-refractivity contribution is 6.40. The molecule has 0 aromatic heterocycles. The average Bonchev–Trinajstić information content (AvgIpc) is 2.70. The van der Waals surface area contributed by atoms with Gasteiger partial charge in [-0.15, -0.1) is 0 Å². The van der Waals surface area contributed by atoms with Crippen LogP contribution in [0.5, 0.6) is 0 Å². The summed E-state index contributed by atoms with van der Waals surface area (Å²) < 4.78 is 5.31. The first kappa shape index (κ1) is 12.7. The zero-order chi connectivity index (χ0) is 13.3. The molecule has 3 atom stereocenters. The summed E-state index contributed by atoms with van der Waals surface area (Å²) in [5.74, 6) is -1.02. The van der Waals surface area contributed by atoms with E-state index in [-0.39, 0.29) is 25.5 Å². The molecular weight excluding hydrogens is 244 g/mol. The number of rotatable bonds is 3. The van der Waals surface area contributed by atoms with E-state index in [9.17, 15) is 14.7 Å². The fourth-order valence-corrected chi connectivity index (χ4v) is 1.86. The number of amidine groups is 1. The lowest BCUT2D eigenvalue weighted by atomic mass is 10.2. The fourth-order valence-electron chi connectivity index (χ4n) is 1.86. The van der Waals surface area contributed by atoms with Gasteiger partial charge < -0.3 is 20.7 Å².